The minimum Gasteiger partial charge on any atom is -0.314 e. The lowest BCUT2D eigenvalue weighted by Gasteiger charge is -2.31. The number of hydrogen-bond donors (Lipinski definition) is 1. The molecule has 2 fully saturated rings. The minimum atomic E-state index is 0.590. The van der Waals surface area contributed by atoms with Gasteiger partial charge in [-0.15, -0.1) is 0 Å². The van der Waals surface area contributed by atoms with Crippen LogP contribution in [0, 0.1) is 17.8 Å². The third kappa shape index (κ3) is 3.00. The molecule has 1 N–H and O–H groups in total. The molecular weight excluding hydrogens is 289 g/mol. The first-order chi connectivity index (χ1) is 9.67. The smallest absolute Gasteiger partial charge is 0.0595 e. The van der Waals surface area contributed by atoms with Gasteiger partial charge in [0.25, 0.3) is 0 Å². The zero-order valence-corrected chi connectivity index (χ0v) is 13.6. The van der Waals surface area contributed by atoms with Gasteiger partial charge in [0, 0.05) is 6.04 Å². The highest BCUT2D eigenvalue weighted by molar-refractivity contribution is 6.42. The molecule has 0 saturated heterocycles. The highest BCUT2D eigenvalue weighted by Gasteiger charge is 2.42. The van der Waals surface area contributed by atoms with Gasteiger partial charge in [-0.25, -0.2) is 0 Å². The van der Waals surface area contributed by atoms with Gasteiger partial charge >= 0.3 is 0 Å². The number of halogens is 2. The highest BCUT2D eigenvalue weighted by Crippen LogP contribution is 2.49. The van der Waals surface area contributed by atoms with E-state index in [1.165, 1.54) is 31.2 Å². The molecule has 3 rings (SSSR count). The molecule has 0 radical (unpaired) electrons. The average Bonchev–Trinajstić information content (AvgIpc) is 3.05. The molecule has 110 valence electrons. The van der Waals surface area contributed by atoms with Gasteiger partial charge in [0.05, 0.1) is 10.0 Å². The predicted molar refractivity (Wildman–Crippen MR) is 86.6 cm³/mol. The predicted octanol–water partition coefficient (Wildman–Crippen LogP) is 4.95. The van der Waals surface area contributed by atoms with Crippen molar-refractivity contribution in [3.05, 3.63) is 33.8 Å². The molecule has 0 aliphatic heterocycles. The summed E-state index contributed by atoms with van der Waals surface area (Å²) < 4.78 is 0. The van der Waals surface area contributed by atoms with E-state index in [0.717, 1.165) is 30.7 Å². The van der Waals surface area contributed by atoms with Crippen molar-refractivity contribution in [2.45, 2.75) is 45.1 Å². The van der Waals surface area contributed by atoms with E-state index >= 15 is 0 Å². The maximum atomic E-state index is 6.14. The number of likely N-dealkylation sites (N-methyl/N-ethyl adjacent to an activating group) is 1. The van der Waals surface area contributed by atoms with Crippen molar-refractivity contribution in [3.63, 3.8) is 0 Å². The number of fused-ring (bicyclic) bond motifs is 2. The minimum absolute atomic E-state index is 0.590. The summed E-state index contributed by atoms with van der Waals surface area (Å²) in [7, 11) is 0. The van der Waals surface area contributed by atoms with E-state index in [9.17, 15) is 0 Å². The van der Waals surface area contributed by atoms with Crippen molar-refractivity contribution in [2.24, 2.45) is 17.8 Å². The molecule has 1 aromatic carbocycles. The van der Waals surface area contributed by atoms with E-state index in [0.29, 0.717) is 16.1 Å². The SMILES string of the molecule is CCNC(Cc1ccc(Cl)c(Cl)c1)C1CC2CCC1C2. The largest absolute Gasteiger partial charge is 0.314 e. The summed E-state index contributed by atoms with van der Waals surface area (Å²) in [6.45, 7) is 3.24. The van der Waals surface area contributed by atoms with E-state index in [1.807, 2.05) is 12.1 Å². The van der Waals surface area contributed by atoms with Crippen LogP contribution in [-0.2, 0) is 6.42 Å². The Labute approximate surface area is 132 Å². The van der Waals surface area contributed by atoms with Crippen molar-refractivity contribution >= 4 is 23.2 Å². The average molecular weight is 312 g/mol. The third-order valence-electron chi connectivity index (χ3n) is 5.22. The van der Waals surface area contributed by atoms with E-state index < -0.39 is 0 Å². The summed E-state index contributed by atoms with van der Waals surface area (Å²) in [5.41, 5.74) is 1.30. The van der Waals surface area contributed by atoms with Crippen LogP contribution in [0.5, 0.6) is 0 Å². The number of benzene rings is 1. The molecule has 2 aliphatic rings. The normalized spacial score (nSPS) is 29.9. The molecule has 0 amide bonds. The zero-order valence-electron chi connectivity index (χ0n) is 12.0. The molecule has 3 heteroatoms. The van der Waals surface area contributed by atoms with Gasteiger partial charge < -0.3 is 5.32 Å². The van der Waals surface area contributed by atoms with Gasteiger partial charge in [0.15, 0.2) is 0 Å². The summed E-state index contributed by atoms with van der Waals surface area (Å²) >= 11 is 12.2. The standard InChI is InChI=1S/C17H23Cl2N/c1-2-20-17(14-8-11-3-5-13(14)7-11)10-12-4-6-15(18)16(19)9-12/h4,6,9,11,13-14,17,20H,2-3,5,7-8,10H2,1H3. The Morgan fingerprint density at radius 1 is 1.20 bits per heavy atom. The molecule has 4 unspecified atom stereocenters. The Balaban J connectivity index is 1.72. The van der Waals surface area contributed by atoms with Gasteiger partial charge in [0.2, 0.25) is 0 Å². The van der Waals surface area contributed by atoms with Gasteiger partial charge in [-0.05, 0) is 67.7 Å². The van der Waals surface area contributed by atoms with Gasteiger partial charge in [0.1, 0.15) is 0 Å². The van der Waals surface area contributed by atoms with E-state index in [-0.39, 0.29) is 0 Å². The van der Waals surface area contributed by atoms with Gasteiger partial charge in [-0.1, -0.05) is 42.6 Å². The monoisotopic (exact) mass is 311 g/mol. The lowest BCUT2D eigenvalue weighted by atomic mass is 9.81. The Morgan fingerprint density at radius 3 is 2.65 bits per heavy atom. The van der Waals surface area contributed by atoms with E-state index in [1.54, 1.807) is 0 Å². The molecule has 1 nitrogen and oxygen atoms in total. The first-order valence-corrected chi connectivity index (χ1v) is 8.60. The van der Waals surface area contributed by atoms with Crippen LogP contribution in [0.15, 0.2) is 18.2 Å². The van der Waals surface area contributed by atoms with Crippen molar-refractivity contribution in [1.82, 2.24) is 5.32 Å². The molecular formula is C17H23Cl2N. The Kier molecular flexibility index (Phi) is 4.59. The summed E-state index contributed by atoms with van der Waals surface area (Å²) in [5.74, 6) is 2.80. The number of hydrogen-bond acceptors (Lipinski definition) is 1. The lowest BCUT2D eigenvalue weighted by Crippen LogP contribution is -2.40. The summed E-state index contributed by atoms with van der Waals surface area (Å²) in [6, 6.07) is 6.66. The summed E-state index contributed by atoms with van der Waals surface area (Å²) in [5, 5.41) is 5.04. The molecule has 1 aromatic rings. The van der Waals surface area contributed by atoms with E-state index in [4.69, 9.17) is 23.2 Å². The van der Waals surface area contributed by atoms with Gasteiger partial charge in [-0.3, -0.25) is 0 Å². The van der Waals surface area contributed by atoms with E-state index in [2.05, 4.69) is 18.3 Å². The van der Waals surface area contributed by atoms with Crippen LogP contribution in [0.4, 0.5) is 0 Å². The van der Waals surface area contributed by atoms with Crippen molar-refractivity contribution in [1.29, 1.82) is 0 Å². The Hall–Kier alpha value is -0.240. The van der Waals surface area contributed by atoms with Crippen LogP contribution in [0.1, 0.15) is 38.2 Å². The molecule has 0 heterocycles. The quantitative estimate of drug-likeness (QED) is 0.811. The maximum Gasteiger partial charge on any atom is 0.0595 e. The lowest BCUT2D eigenvalue weighted by molar-refractivity contribution is 0.249. The second kappa shape index (κ2) is 6.25. The molecule has 2 bridgehead atoms. The van der Waals surface area contributed by atoms with Crippen LogP contribution >= 0.6 is 23.2 Å². The zero-order chi connectivity index (χ0) is 14.1. The van der Waals surface area contributed by atoms with Crippen molar-refractivity contribution < 1.29 is 0 Å². The summed E-state index contributed by atoms with van der Waals surface area (Å²) in [6.07, 6.45) is 6.86. The molecule has 4 atom stereocenters. The third-order valence-corrected chi connectivity index (χ3v) is 5.95. The number of rotatable bonds is 5. The Morgan fingerprint density at radius 2 is 2.05 bits per heavy atom. The molecule has 2 saturated carbocycles. The maximum absolute atomic E-state index is 6.14. The fraction of sp³-hybridized carbons (Fsp3) is 0.647. The molecule has 0 aromatic heterocycles. The summed E-state index contributed by atoms with van der Waals surface area (Å²) in [4.78, 5) is 0. The van der Waals surface area contributed by atoms with Crippen LogP contribution in [0.2, 0.25) is 10.0 Å². The van der Waals surface area contributed by atoms with Crippen molar-refractivity contribution in [2.75, 3.05) is 6.54 Å². The fourth-order valence-corrected chi connectivity index (χ4v) is 4.67. The fourth-order valence-electron chi connectivity index (χ4n) is 4.34. The van der Waals surface area contributed by atoms with Crippen LogP contribution in [-0.4, -0.2) is 12.6 Å². The highest BCUT2D eigenvalue weighted by atomic mass is 35.5. The number of nitrogens with one attached hydrogen (secondary N) is 1. The molecule has 0 spiro atoms. The second-order valence-corrected chi connectivity index (χ2v) is 7.27. The first-order valence-electron chi connectivity index (χ1n) is 7.84. The van der Waals surface area contributed by atoms with Crippen LogP contribution in [0.25, 0.3) is 0 Å². The molecule has 20 heavy (non-hydrogen) atoms. The van der Waals surface area contributed by atoms with Crippen LogP contribution in [0.3, 0.4) is 0 Å². The van der Waals surface area contributed by atoms with Crippen LogP contribution < -0.4 is 5.32 Å². The Bertz CT molecular complexity index is 474. The first kappa shape index (κ1) is 14.7. The van der Waals surface area contributed by atoms with Gasteiger partial charge in [-0.2, -0.15) is 0 Å². The topological polar surface area (TPSA) is 12.0 Å². The second-order valence-electron chi connectivity index (χ2n) is 6.46. The molecule has 2 aliphatic carbocycles. The van der Waals surface area contributed by atoms with Crippen molar-refractivity contribution in [3.8, 4) is 0 Å².